The van der Waals surface area contributed by atoms with E-state index in [0.29, 0.717) is 5.69 Å². The van der Waals surface area contributed by atoms with Crippen LogP contribution in [-0.4, -0.2) is 56.0 Å². The minimum absolute atomic E-state index is 0.0424. The van der Waals surface area contributed by atoms with E-state index in [1.54, 1.807) is 4.68 Å². The molecule has 2 aromatic heterocycles. The summed E-state index contributed by atoms with van der Waals surface area (Å²) in [6, 6.07) is 1.84. The second-order valence-electron chi connectivity index (χ2n) is 8.60. The zero-order valence-electron chi connectivity index (χ0n) is 17.1. The molecule has 1 aliphatic heterocycles. The van der Waals surface area contributed by atoms with Crippen LogP contribution in [-0.2, 0) is 7.05 Å². The quantitative estimate of drug-likeness (QED) is 0.830. The summed E-state index contributed by atoms with van der Waals surface area (Å²) in [7, 11) is 1.89. The zero-order chi connectivity index (χ0) is 19.6. The minimum atomic E-state index is -0.109. The van der Waals surface area contributed by atoms with Crippen LogP contribution in [0.4, 0.5) is 0 Å². The SMILES string of the molecule is Cc1nn(C)cc1-c1cc(C(=O)NC2(CN3CCCCC3)CCCCC2)[nH]n1. The Morgan fingerprint density at radius 2 is 1.89 bits per heavy atom. The highest BCUT2D eigenvalue weighted by atomic mass is 16.2. The van der Waals surface area contributed by atoms with Gasteiger partial charge in [-0.15, -0.1) is 0 Å². The monoisotopic (exact) mass is 384 g/mol. The van der Waals surface area contributed by atoms with Crippen molar-refractivity contribution in [3.63, 3.8) is 0 Å². The number of hydrogen-bond donors (Lipinski definition) is 2. The third-order valence-electron chi connectivity index (χ3n) is 6.28. The summed E-state index contributed by atoms with van der Waals surface area (Å²) < 4.78 is 1.77. The Morgan fingerprint density at radius 3 is 2.57 bits per heavy atom. The molecule has 7 nitrogen and oxygen atoms in total. The molecular weight excluding hydrogens is 352 g/mol. The fourth-order valence-corrected chi connectivity index (χ4v) is 4.83. The van der Waals surface area contributed by atoms with Gasteiger partial charge < -0.3 is 10.2 Å². The summed E-state index contributed by atoms with van der Waals surface area (Å²) in [6.45, 7) is 5.25. The van der Waals surface area contributed by atoms with E-state index in [2.05, 4.69) is 25.5 Å². The Balaban J connectivity index is 1.49. The number of carbonyl (C=O) groups excluding carboxylic acids is 1. The lowest BCUT2D eigenvalue weighted by Gasteiger charge is -2.42. The maximum Gasteiger partial charge on any atom is 0.269 e. The third-order valence-corrected chi connectivity index (χ3v) is 6.28. The number of carbonyl (C=O) groups is 1. The summed E-state index contributed by atoms with van der Waals surface area (Å²) in [5, 5.41) is 15.1. The van der Waals surface area contributed by atoms with Crippen molar-refractivity contribution < 1.29 is 4.79 Å². The number of rotatable bonds is 5. The van der Waals surface area contributed by atoms with E-state index in [4.69, 9.17) is 0 Å². The van der Waals surface area contributed by atoms with Gasteiger partial charge in [0, 0.05) is 25.4 Å². The van der Waals surface area contributed by atoms with E-state index in [-0.39, 0.29) is 11.4 Å². The van der Waals surface area contributed by atoms with Gasteiger partial charge >= 0.3 is 0 Å². The number of aryl methyl sites for hydroxylation is 2. The van der Waals surface area contributed by atoms with Gasteiger partial charge in [-0.2, -0.15) is 10.2 Å². The van der Waals surface area contributed by atoms with Crippen molar-refractivity contribution in [2.45, 2.75) is 63.8 Å². The van der Waals surface area contributed by atoms with E-state index < -0.39 is 0 Å². The molecule has 1 saturated heterocycles. The smallest absolute Gasteiger partial charge is 0.269 e. The van der Waals surface area contributed by atoms with Gasteiger partial charge in [0.2, 0.25) is 0 Å². The predicted octanol–water partition coefficient (Wildman–Crippen LogP) is 3.04. The van der Waals surface area contributed by atoms with Crippen LogP contribution in [0.25, 0.3) is 11.3 Å². The topological polar surface area (TPSA) is 78.8 Å². The summed E-state index contributed by atoms with van der Waals surface area (Å²) in [4.78, 5) is 15.6. The fraction of sp³-hybridized carbons (Fsp3) is 0.667. The Morgan fingerprint density at radius 1 is 1.18 bits per heavy atom. The lowest BCUT2D eigenvalue weighted by atomic mass is 9.80. The van der Waals surface area contributed by atoms with Crippen LogP contribution < -0.4 is 5.32 Å². The van der Waals surface area contributed by atoms with Gasteiger partial charge in [-0.1, -0.05) is 25.7 Å². The average Bonchev–Trinajstić information content (AvgIpc) is 3.29. The van der Waals surface area contributed by atoms with Gasteiger partial charge in [-0.3, -0.25) is 14.6 Å². The molecule has 152 valence electrons. The Bertz CT molecular complexity index is 811. The number of piperidine rings is 1. The van der Waals surface area contributed by atoms with E-state index in [1.807, 2.05) is 26.2 Å². The number of H-pyrrole nitrogens is 1. The summed E-state index contributed by atoms with van der Waals surface area (Å²) in [5.74, 6) is -0.0424. The number of nitrogens with zero attached hydrogens (tertiary/aromatic N) is 4. The molecule has 7 heteroatoms. The molecule has 0 unspecified atom stereocenters. The summed E-state index contributed by atoms with van der Waals surface area (Å²) >= 11 is 0. The van der Waals surface area contributed by atoms with Crippen molar-refractivity contribution >= 4 is 5.91 Å². The maximum absolute atomic E-state index is 13.1. The first-order valence-corrected chi connectivity index (χ1v) is 10.7. The zero-order valence-corrected chi connectivity index (χ0v) is 17.1. The molecular formula is C21H32N6O. The first-order valence-electron chi connectivity index (χ1n) is 10.7. The molecule has 1 amide bonds. The Labute approximate surface area is 166 Å². The molecule has 4 rings (SSSR count). The molecule has 0 radical (unpaired) electrons. The number of hydrogen-bond acceptors (Lipinski definition) is 4. The van der Waals surface area contributed by atoms with Gasteiger partial charge in [0.15, 0.2) is 0 Å². The van der Waals surface area contributed by atoms with E-state index in [0.717, 1.165) is 49.4 Å². The normalized spacial score (nSPS) is 20.2. The first-order chi connectivity index (χ1) is 13.5. The molecule has 28 heavy (non-hydrogen) atoms. The number of nitrogens with one attached hydrogen (secondary N) is 2. The van der Waals surface area contributed by atoms with Crippen molar-refractivity contribution in [3.8, 4) is 11.3 Å². The van der Waals surface area contributed by atoms with E-state index >= 15 is 0 Å². The van der Waals surface area contributed by atoms with Crippen LogP contribution in [0.3, 0.4) is 0 Å². The molecule has 1 saturated carbocycles. The number of aromatic nitrogens is 4. The van der Waals surface area contributed by atoms with Crippen molar-refractivity contribution in [3.05, 3.63) is 23.7 Å². The first kappa shape index (κ1) is 19.2. The van der Waals surface area contributed by atoms with Crippen LogP contribution in [0.5, 0.6) is 0 Å². The molecule has 3 heterocycles. The number of amides is 1. The van der Waals surface area contributed by atoms with Crippen molar-refractivity contribution in [1.82, 2.24) is 30.2 Å². The number of aromatic amines is 1. The molecule has 1 aliphatic carbocycles. The fourth-order valence-electron chi connectivity index (χ4n) is 4.83. The van der Waals surface area contributed by atoms with E-state index in [1.165, 1.54) is 38.5 Å². The van der Waals surface area contributed by atoms with Gasteiger partial charge in [0.1, 0.15) is 5.69 Å². The van der Waals surface area contributed by atoms with Crippen molar-refractivity contribution in [2.24, 2.45) is 7.05 Å². The van der Waals surface area contributed by atoms with Crippen LogP contribution >= 0.6 is 0 Å². The number of likely N-dealkylation sites (tertiary alicyclic amines) is 1. The summed E-state index contributed by atoms with van der Waals surface area (Å²) in [5.41, 5.74) is 3.06. The van der Waals surface area contributed by atoms with Crippen LogP contribution in [0.15, 0.2) is 12.3 Å². The minimum Gasteiger partial charge on any atom is -0.344 e. The lowest BCUT2D eigenvalue weighted by Crippen LogP contribution is -2.57. The molecule has 2 aliphatic rings. The van der Waals surface area contributed by atoms with Crippen molar-refractivity contribution in [2.75, 3.05) is 19.6 Å². The second-order valence-corrected chi connectivity index (χ2v) is 8.60. The van der Waals surface area contributed by atoms with Crippen LogP contribution in [0, 0.1) is 6.92 Å². The summed E-state index contributed by atoms with van der Waals surface area (Å²) in [6.07, 6.45) is 11.6. The second kappa shape index (κ2) is 8.07. The Kier molecular flexibility index (Phi) is 5.53. The van der Waals surface area contributed by atoms with Crippen LogP contribution in [0.2, 0.25) is 0 Å². The standard InChI is InChI=1S/C21H32N6O/c1-16-17(14-26(2)25-16)18-13-19(24-23-18)20(28)22-21(9-5-3-6-10-21)15-27-11-7-4-8-12-27/h13-14H,3-12,15H2,1-2H3,(H,22,28)(H,23,24). The highest BCUT2D eigenvalue weighted by Crippen LogP contribution is 2.30. The van der Waals surface area contributed by atoms with Gasteiger partial charge in [0.05, 0.1) is 16.9 Å². The largest absolute Gasteiger partial charge is 0.344 e. The van der Waals surface area contributed by atoms with Gasteiger partial charge in [-0.25, -0.2) is 0 Å². The third kappa shape index (κ3) is 4.14. The maximum atomic E-state index is 13.1. The Hall–Kier alpha value is -2.15. The highest BCUT2D eigenvalue weighted by molar-refractivity contribution is 5.94. The lowest BCUT2D eigenvalue weighted by molar-refractivity contribution is 0.0778. The highest BCUT2D eigenvalue weighted by Gasteiger charge is 2.36. The van der Waals surface area contributed by atoms with Crippen LogP contribution in [0.1, 0.15) is 67.5 Å². The molecule has 2 fully saturated rings. The average molecular weight is 385 g/mol. The molecule has 0 atom stereocenters. The molecule has 0 spiro atoms. The molecule has 2 N–H and O–H groups in total. The van der Waals surface area contributed by atoms with E-state index in [9.17, 15) is 4.79 Å². The molecule has 0 aromatic carbocycles. The van der Waals surface area contributed by atoms with Gasteiger partial charge in [-0.05, 0) is 51.8 Å². The predicted molar refractivity (Wildman–Crippen MR) is 109 cm³/mol. The molecule has 0 bridgehead atoms. The molecule has 2 aromatic rings. The van der Waals surface area contributed by atoms with Gasteiger partial charge in [0.25, 0.3) is 5.91 Å². The van der Waals surface area contributed by atoms with Crippen molar-refractivity contribution in [1.29, 1.82) is 0 Å².